The highest BCUT2D eigenvalue weighted by Crippen LogP contribution is 1.90. The molecule has 3 rings (SSSR count). The third-order valence-electron chi connectivity index (χ3n) is 3.17. The summed E-state index contributed by atoms with van der Waals surface area (Å²) < 4.78 is 5.06. The maximum absolute atomic E-state index is 5.06. The van der Waals surface area contributed by atoms with Gasteiger partial charge in [0.15, 0.2) is 8.59 Å². The standard InChI is InChI=1S/C18H15NSi2/c1-4-10-16(11-5-1)20-19-21(17-12-6-2-7-13-17)18-14-8-3-9-15-18/h1-15H. The van der Waals surface area contributed by atoms with Crippen LogP contribution in [0.2, 0.25) is 0 Å². The van der Waals surface area contributed by atoms with E-state index < -0.39 is 8.59 Å². The Balaban J connectivity index is 1.97. The first-order chi connectivity index (χ1) is 10.4. The van der Waals surface area contributed by atoms with Gasteiger partial charge in [0.05, 0.1) is 0 Å². The summed E-state index contributed by atoms with van der Waals surface area (Å²) in [6, 6.07) is 31.8. The molecule has 1 nitrogen and oxygen atoms in total. The van der Waals surface area contributed by atoms with Gasteiger partial charge >= 0.3 is 0 Å². The lowest BCUT2D eigenvalue weighted by Crippen LogP contribution is -2.35. The van der Waals surface area contributed by atoms with Gasteiger partial charge in [-0.1, -0.05) is 91.0 Å². The smallest absolute Gasteiger partial charge is 0.233 e. The Morgan fingerprint density at radius 1 is 0.571 bits per heavy atom. The van der Waals surface area contributed by atoms with E-state index in [9.17, 15) is 0 Å². The van der Waals surface area contributed by atoms with Crippen molar-refractivity contribution in [2.75, 3.05) is 0 Å². The molecule has 3 aromatic rings. The van der Waals surface area contributed by atoms with Crippen molar-refractivity contribution in [2.45, 2.75) is 0 Å². The van der Waals surface area contributed by atoms with E-state index in [-0.39, 0.29) is 0 Å². The quantitative estimate of drug-likeness (QED) is 0.654. The molecular formula is C18H15NSi2. The van der Waals surface area contributed by atoms with Crippen LogP contribution in [0.15, 0.2) is 95.3 Å². The fourth-order valence-electron chi connectivity index (χ4n) is 2.12. The molecule has 0 saturated carbocycles. The third-order valence-corrected chi connectivity index (χ3v) is 6.86. The fourth-order valence-corrected chi connectivity index (χ4v) is 5.81. The molecule has 2 radical (unpaired) electrons. The van der Waals surface area contributed by atoms with Gasteiger partial charge in [0.2, 0.25) is 9.68 Å². The van der Waals surface area contributed by atoms with Gasteiger partial charge < -0.3 is 4.30 Å². The number of hydrogen-bond donors (Lipinski definition) is 0. The van der Waals surface area contributed by atoms with E-state index >= 15 is 0 Å². The van der Waals surface area contributed by atoms with Gasteiger partial charge in [-0.05, 0) is 15.6 Å². The zero-order chi connectivity index (χ0) is 14.3. The molecule has 0 heterocycles. The molecule has 0 amide bonds. The van der Waals surface area contributed by atoms with Gasteiger partial charge in [0.25, 0.3) is 0 Å². The molecule has 0 spiro atoms. The molecule has 0 atom stereocenters. The first-order valence-corrected chi connectivity index (χ1v) is 9.32. The van der Waals surface area contributed by atoms with Crippen molar-refractivity contribution < 1.29 is 0 Å². The molecule has 0 unspecified atom stereocenters. The van der Waals surface area contributed by atoms with Crippen LogP contribution in [0, 0.1) is 0 Å². The molecule has 0 aromatic heterocycles. The van der Waals surface area contributed by atoms with Crippen molar-refractivity contribution in [3.63, 3.8) is 0 Å². The highest BCUT2D eigenvalue weighted by atomic mass is 28.3. The van der Waals surface area contributed by atoms with Gasteiger partial charge in [0.1, 0.15) is 0 Å². The van der Waals surface area contributed by atoms with E-state index in [4.69, 9.17) is 4.30 Å². The minimum atomic E-state index is -1.06. The van der Waals surface area contributed by atoms with Crippen molar-refractivity contribution in [3.8, 4) is 0 Å². The van der Waals surface area contributed by atoms with Crippen LogP contribution in [-0.4, -0.2) is 18.3 Å². The van der Waals surface area contributed by atoms with Crippen molar-refractivity contribution in [1.82, 2.24) is 0 Å². The molecule has 21 heavy (non-hydrogen) atoms. The lowest BCUT2D eigenvalue weighted by atomic mass is 10.4. The molecule has 0 fully saturated rings. The molecule has 0 aliphatic heterocycles. The highest BCUT2D eigenvalue weighted by Gasteiger charge is 2.08. The molecule has 3 heteroatoms. The molecule has 0 saturated heterocycles. The Kier molecular flexibility index (Phi) is 4.66. The van der Waals surface area contributed by atoms with Gasteiger partial charge in [-0.25, -0.2) is 0 Å². The zero-order valence-corrected chi connectivity index (χ0v) is 13.6. The summed E-state index contributed by atoms with van der Waals surface area (Å²) in [5, 5.41) is 3.99. The van der Waals surface area contributed by atoms with Crippen LogP contribution in [0.25, 0.3) is 0 Å². The maximum atomic E-state index is 5.06. The second-order valence-corrected chi connectivity index (χ2v) is 8.22. The second kappa shape index (κ2) is 7.06. The number of nitrogens with zero attached hydrogens (tertiary/aromatic N) is 1. The Labute approximate surface area is 129 Å². The Bertz CT molecular complexity index is 668. The molecule has 100 valence electrons. The van der Waals surface area contributed by atoms with Gasteiger partial charge in [-0.15, -0.1) is 0 Å². The Morgan fingerprint density at radius 2 is 1.00 bits per heavy atom. The largest absolute Gasteiger partial charge is 0.354 e. The number of hydrogen-bond acceptors (Lipinski definition) is 1. The lowest BCUT2D eigenvalue weighted by Gasteiger charge is -2.06. The molecule has 3 aromatic carbocycles. The molecule has 0 aliphatic carbocycles. The topological polar surface area (TPSA) is 12.4 Å². The highest BCUT2D eigenvalue weighted by molar-refractivity contribution is 6.80. The summed E-state index contributed by atoms with van der Waals surface area (Å²) in [7, 11) is -0.554. The maximum Gasteiger partial charge on any atom is 0.233 e. The average molecular weight is 301 g/mol. The van der Waals surface area contributed by atoms with Crippen molar-refractivity contribution in [1.29, 1.82) is 0 Å². The van der Waals surface area contributed by atoms with Crippen LogP contribution < -0.4 is 15.6 Å². The van der Waals surface area contributed by atoms with E-state index in [0.717, 1.165) is 0 Å². The Morgan fingerprint density at radius 3 is 1.48 bits per heavy atom. The van der Waals surface area contributed by atoms with Gasteiger partial charge in [0, 0.05) is 0 Å². The van der Waals surface area contributed by atoms with E-state index in [1.807, 2.05) is 6.07 Å². The summed E-state index contributed by atoms with van der Waals surface area (Å²) in [6.45, 7) is 0. The van der Waals surface area contributed by atoms with E-state index in [1.54, 1.807) is 0 Å². The van der Waals surface area contributed by atoms with Crippen LogP contribution in [-0.2, 0) is 0 Å². The molecular weight excluding hydrogens is 286 g/mol. The summed E-state index contributed by atoms with van der Waals surface area (Å²) in [5.41, 5.74) is 0. The number of rotatable bonds is 4. The van der Waals surface area contributed by atoms with Crippen LogP contribution in [0.3, 0.4) is 0 Å². The predicted octanol–water partition coefficient (Wildman–Crippen LogP) is 2.01. The number of benzene rings is 3. The first-order valence-electron chi connectivity index (χ1n) is 6.93. The summed E-state index contributed by atoms with van der Waals surface area (Å²) >= 11 is 0. The predicted molar refractivity (Wildman–Crippen MR) is 92.2 cm³/mol. The summed E-state index contributed by atoms with van der Waals surface area (Å²) in [4.78, 5) is 0. The molecule has 0 N–H and O–H groups in total. The average Bonchev–Trinajstić information content (AvgIpc) is 2.58. The van der Waals surface area contributed by atoms with Crippen LogP contribution in [0.4, 0.5) is 0 Å². The van der Waals surface area contributed by atoms with Crippen LogP contribution >= 0.6 is 0 Å². The summed E-state index contributed by atoms with van der Waals surface area (Å²) in [6.07, 6.45) is 0. The molecule has 0 bridgehead atoms. The van der Waals surface area contributed by atoms with E-state index in [2.05, 4.69) is 84.9 Å². The first kappa shape index (κ1) is 13.9. The van der Waals surface area contributed by atoms with Gasteiger partial charge in [-0.2, -0.15) is 0 Å². The Hall–Kier alpha value is -2.11. The fraction of sp³-hybridized carbons (Fsp3) is 0. The zero-order valence-electron chi connectivity index (χ0n) is 11.6. The van der Waals surface area contributed by atoms with Crippen molar-refractivity contribution >= 4 is 33.8 Å². The van der Waals surface area contributed by atoms with Crippen LogP contribution in [0.5, 0.6) is 0 Å². The molecule has 0 aliphatic rings. The van der Waals surface area contributed by atoms with E-state index in [1.165, 1.54) is 15.6 Å². The van der Waals surface area contributed by atoms with E-state index in [0.29, 0.717) is 9.68 Å². The SMILES string of the molecule is c1ccc([Si]N=[Si](c2ccccc2)c2ccccc2)cc1. The minimum absolute atomic E-state index is 0.506. The normalized spacial score (nSPS) is 10.1. The minimum Gasteiger partial charge on any atom is -0.354 e. The monoisotopic (exact) mass is 301 g/mol. The second-order valence-electron chi connectivity index (χ2n) is 4.67. The van der Waals surface area contributed by atoms with Gasteiger partial charge in [-0.3, -0.25) is 0 Å². The lowest BCUT2D eigenvalue weighted by molar-refractivity contribution is 1.71. The van der Waals surface area contributed by atoms with Crippen LogP contribution in [0.1, 0.15) is 0 Å². The third kappa shape index (κ3) is 3.71. The summed E-state index contributed by atoms with van der Waals surface area (Å²) in [5.74, 6) is 0. The van der Waals surface area contributed by atoms with Crippen molar-refractivity contribution in [2.24, 2.45) is 4.30 Å². The van der Waals surface area contributed by atoms with Crippen molar-refractivity contribution in [3.05, 3.63) is 91.0 Å².